The largest absolute Gasteiger partial charge is 0.369 e. The van der Waals surface area contributed by atoms with E-state index < -0.39 is 0 Å². The molecule has 3 heterocycles. The summed E-state index contributed by atoms with van der Waals surface area (Å²) < 4.78 is 0. The van der Waals surface area contributed by atoms with Crippen LogP contribution in [0.2, 0.25) is 5.02 Å². The van der Waals surface area contributed by atoms with Crippen molar-refractivity contribution >= 4 is 17.4 Å². The molecule has 4 nitrogen and oxygen atoms in total. The summed E-state index contributed by atoms with van der Waals surface area (Å²) in [4.78, 5) is 11.4. The van der Waals surface area contributed by atoms with Gasteiger partial charge < -0.3 is 10.2 Å². The van der Waals surface area contributed by atoms with Crippen molar-refractivity contribution < 1.29 is 0 Å². The van der Waals surface area contributed by atoms with E-state index in [-0.39, 0.29) is 0 Å². The summed E-state index contributed by atoms with van der Waals surface area (Å²) in [6.45, 7) is 4.43. The standard InChI is InChI=1S/C24H23ClN4/c25-22-8-5-20(6-9-22)21-7-11-23(27-18-21)10-3-19-4-12-24(28-17-19)26-13-16-29-14-1-2-15-29/h4-9,11-12,17-18H,1-2,13-16H2,(H,26,28). The molecule has 1 aliphatic heterocycles. The first-order valence-corrected chi connectivity index (χ1v) is 10.3. The van der Waals surface area contributed by atoms with Gasteiger partial charge in [-0.2, -0.15) is 0 Å². The van der Waals surface area contributed by atoms with Gasteiger partial charge in [-0.15, -0.1) is 0 Å². The van der Waals surface area contributed by atoms with Gasteiger partial charge in [0.2, 0.25) is 0 Å². The van der Waals surface area contributed by atoms with E-state index in [1.807, 2.05) is 54.7 Å². The van der Waals surface area contributed by atoms with Crippen LogP contribution in [0.15, 0.2) is 60.9 Å². The molecule has 0 amide bonds. The molecule has 146 valence electrons. The van der Waals surface area contributed by atoms with Gasteiger partial charge in [-0.1, -0.05) is 35.7 Å². The third-order valence-electron chi connectivity index (χ3n) is 4.97. The molecule has 0 spiro atoms. The van der Waals surface area contributed by atoms with Crippen molar-refractivity contribution in [2.45, 2.75) is 12.8 Å². The molecular weight excluding hydrogens is 380 g/mol. The van der Waals surface area contributed by atoms with Crippen molar-refractivity contribution in [3.05, 3.63) is 77.2 Å². The van der Waals surface area contributed by atoms with E-state index in [9.17, 15) is 0 Å². The summed E-state index contributed by atoms with van der Waals surface area (Å²) in [6, 6.07) is 15.6. The summed E-state index contributed by atoms with van der Waals surface area (Å²) in [7, 11) is 0. The van der Waals surface area contributed by atoms with Gasteiger partial charge in [0.1, 0.15) is 11.5 Å². The number of aromatic nitrogens is 2. The molecule has 2 aromatic heterocycles. The van der Waals surface area contributed by atoms with E-state index in [0.29, 0.717) is 0 Å². The molecule has 1 aliphatic rings. The van der Waals surface area contributed by atoms with Crippen molar-refractivity contribution in [2.75, 3.05) is 31.5 Å². The van der Waals surface area contributed by atoms with E-state index in [2.05, 4.69) is 32.0 Å². The van der Waals surface area contributed by atoms with Crippen LogP contribution in [0.25, 0.3) is 11.1 Å². The molecule has 0 saturated carbocycles. The molecule has 1 aromatic carbocycles. The molecule has 0 radical (unpaired) electrons. The molecule has 1 saturated heterocycles. The first-order chi connectivity index (χ1) is 14.3. The fourth-order valence-electron chi connectivity index (χ4n) is 3.34. The van der Waals surface area contributed by atoms with Crippen LogP contribution < -0.4 is 5.32 Å². The van der Waals surface area contributed by atoms with Crippen LogP contribution in [0.4, 0.5) is 5.82 Å². The predicted octanol–water partition coefficient (Wildman–Crippen LogP) is 4.70. The summed E-state index contributed by atoms with van der Waals surface area (Å²) >= 11 is 5.94. The van der Waals surface area contributed by atoms with Crippen LogP contribution in [0, 0.1) is 11.8 Å². The molecule has 3 aromatic rings. The Morgan fingerprint density at radius 3 is 2.34 bits per heavy atom. The molecule has 1 fully saturated rings. The van der Waals surface area contributed by atoms with Crippen molar-refractivity contribution in [3.8, 4) is 23.0 Å². The fourth-order valence-corrected chi connectivity index (χ4v) is 3.46. The van der Waals surface area contributed by atoms with Gasteiger partial charge >= 0.3 is 0 Å². The number of benzene rings is 1. The van der Waals surface area contributed by atoms with Crippen molar-refractivity contribution in [2.24, 2.45) is 0 Å². The van der Waals surface area contributed by atoms with E-state index in [4.69, 9.17) is 11.6 Å². The number of nitrogens with one attached hydrogen (secondary N) is 1. The lowest BCUT2D eigenvalue weighted by Crippen LogP contribution is -2.26. The zero-order valence-electron chi connectivity index (χ0n) is 16.2. The minimum absolute atomic E-state index is 0.727. The number of nitrogens with zero attached hydrogens (tertiary/aromatic N) is 3. The van der Waals surface area contributed by atoms with Crippen LogP contribution >= 0.6 is 11.6 Å². The van der Waals surface area contributed by atoms with Gasteiger partial charge in [0, 0.05) is 41.6 Å². The summed E-state index contributed by atoms with van der Waals surface area (Å²) in [5.74, 6) is 7.12. The van der Waals surface area contributed by atoms with Crippen LogP contribution in [-0.2, 0) is 0 Å². The van der Waals surface area contributed by atoms with Crippen molar-refractivity contribution in [1.29, 1.82) is 0 Å². The minimum Gasteiger partial charge on any atom is -0.369 e. The maximum Gasteiger partial charge on any atom is 0.126 e. The Hall–Kier alpha value is -2.87. The Kier molecular flexibility index (Phi) is 6.41. The molecule has 0 atom stereocenters. The Labute approximate surface area is 177 Å². The topological polar surface area (TPSA) is 41.0 Å². The number of pyridine rings is 2. The summed E-state index contributed by atoms with van der Waals surface area (Å²) in [5.41, 5.74) is 3.73. The van der Waals surface area contributed by atoms with Gasteiger partial charge in [0.15, 0.2) is 0 Å². The van der Waals surface area contributed by atoms with E-state index >= 15 is 0 Å². The average Bonchev–Trinajstić information content (AvgIpc) is 3.28. The number of anilines is 1. The smallest absolute Gasteiger partial charge is 0.126 e. The van der Waals surface area contributed by atoms with Crippen LogP contribution in [0.3, 0.4) is 0 Å². The van der Waals surface area contributed by atoms with Gasteiger partial charge in [-0.25, -0.2) is 9.97 Å². The van der Waals surface area contributed by atoms with E-state index in [1.165, 1.54) is 25.9 Å². The Morgan fingerprint density at radius 1 is 0.862 bits per heavy atom. The van der Waals surface area contributed by atoms with Gasteiger partial charge in [-0.3, -0.25) is 0 Å². The highest BCUT2D eigenvalue weighted by atomic mass is 35.5. The summed E-state index contributed by atoms with van der Waals surface area (Å²) in [5, 5.41) is 4.10. The van der Waals surface area contributed by atoms with Crippen molar-refractivity contribution in [1.82, 2.24) is 14.9 Å². The third kappa shape index (κ3) is 5.57. The predicted molar refractivity (Wildman–Crippen MR) is 119 cm³/mol. The van der Waals surface area contributed by atoms with Crippen LogP contribution in [0.5, 0.6) is 0 Å². The monoisotopic (exact) mass is 402 g/mol. The highest BCUT2D eigenvalue weighted by Crippen LogP contribution is 2.20. The first kappa shape index (κ1) is 19.4. The molecule has 0 aliphatic carbocycles. The quantitative estimate of drug-likeness (QED) is 0.628. The Balaban J connectivity index is 1.32. The van der Waals surface area contributed by atoms with E-state index in [0.717, 1.165) is 46.3 Å². The van der Waals surface area contributed by atoms with Crippen LogP contribution in [0.1, 0.15) is 24.1 Å². The second-order valence-corrected chi connectivity index (χ2v) is 7.53. The SMILES string of the molecule is Clc1ccc(-c2ccc(C#Cc3ccc(NCCN4CCCC4)nc3)nc2)cc1. The lowest BCUT2D eigenvalue weighted by molar-refractivity contribution is 0.352. The lowest BCUT2D eigenvalue weighted by atomic mass is 10.1. The number of rotatable bonds is 5. The number of hydrogen-bond donors (Lipinski definition) is 1. The molecule has 5 heteroatoms. The molecular formula is C24H23ClN4. The first-order valence-electron chi connectivity index (χ1n) is 9.92. The maximum atomic E-state index is 5.94. The lowest BCUT2D eigenvalue weighted by Gasteiger charge is -2.14. The number of hydrogen-bond acceptors (Lipinski definition) is 4. The van der Waals surface area contributed by atoms with Gasteiger partial charge in [-0.05, 0) is 67.7 Å². The highest BCUT2D eigenvalue weighted by Gasteiger charge is 2.10. The Bertz CT molecular complexity index is 980. The number of halogens is 1. The zero-order chi connectivity index (χ0) is 19.9. The fraction of sp³-hybridized carbons (Fsp3) is 0.250. The number of likely N-dealkylation sites (tertiary alicyclic amines) is 1. The summed E-state index contributed by atoms with van der Waals surface area (Å²) in [6.07, 6.45) is 6.28. The van der Waals surface area contributed by atoms with Crippen LogP contribution in [-0.4, -0.2) is 41.0 Å². The molecule has 0 unspecified atom stereocenters. The second kappa shape index (κ2) is 9.56. The third-order valence-corrected chi connectivity index (χ3v) is 5.22. The maximum absolute atomic E-state index is 5.94. The molecule has 4 rings (SSSR count). The minimum atomic E-state index is 0.727. The second-order valence-electron chi connectivity index (χ2n) is 7.10. The van der Waals surface area contributed by atoms with Gasteiger partial charge in [0.05, 0.1) is 0 Å². The Morgan fingerprint density at radius 2 is 1.66 bits per heavy atom. The molecule has 0 bridgehead atoms. The highest BCUT2D eigenvalue weighted by molar-refractivity contribution is 6.30. The molecule has 29 heavy (non-hydrogen) atoms. The average molecular weight is 403 g/mol. The van der Waals surface area contributed by atoms with Crippen molar-refractivity contribution in [3.63, 3.8) is 0 Å². The van der Waals surface area contributed by atoms with E-state index in [1.54, 1.807) is 6.20 Å². The molecule has 1 N–H and O–H groups in total. The zero-order valence-corrected chi connectivity index (χ0v) is 17.0. The normalized spacial score (nSPS) is 13.7. The van der Waals surface area contributed by atoms with Gasteiger partial charge in [0.25, 0.3) is 0 Å².